The molecule has 0 radical (unpaired) electrons. The zero-order chi connectivity index (χ0) is 23.8. The third-order valence-electron chi connectivity index (χ3n) is 4.90. The summed E-state index contributed by atoms with van der Waals surface area (Å²) in [5.74, 6) is 0.851. The van der Waals surface area contributed by atoms with Crippen molar-refractivity contribution in [2.24, 2.45) is 0 Å². The van der Waals surface area contributed by atoms with Gasteiger partial charge in [-0.2, -0.15) is 0 Å². The van der Waals surface area contributed by atoms with E-state index in [1.54, 1.807) is 31.4 Å². The summed E-state index contributed by atoms with van der Waals surface area (Å²) in [4.78, 5) is 22.7. The van der Waals surface area contributed by atoms with E-state index in [2.05, 4.69) is 5.32 Å². The summed E-state index contributed by atoms with van der Waals surface area (Å²) in [6.45, 7) is 1.97. The molecule has 3 aromatic rings. The third-order valence-corrected chi connectivity index (χ3v) is 4.90. The van der Waals surface area contributed by atoms with Gasteiger partial charge in [-0.15, -0.1) is 0 Å². The molecular formula is C26H24N2O5. The second kappa shape index (κ2) is 10.8. The Kier molecular flexibility index (Phi) is 7.60. The summed E-state index contributed by atoms with van der Waals surface area (Å²) in [5.41, 5.74) is 4.50. The van der Waals surface area contributed by atoms with E-state index < -0.39 is 4.92 Å². The number of ether oxygens (including phenoxy) is 2. The van der Waals surface area contributed by atoms with Gasteiger partial charge in [0.05, 0.1) is 19.1 Å². The Morgan fingerprint density at radius 3 is 2.24 bits per heavy atom. The van der Waals surface area contributed by atoms with Gasteiger partial charge in [0, 0.05) is 29.0 Å². The average molecular weight is 444 g/mol. The van der Waals surface area contributed by atoms with Crippen molar-refractivity contribution in [3.63, 3.8) is 0 Å². The van der Waals surface area contributed by atoms with Crippen molar-refractivity contribution in [1.29, 1.82) is 0 Å². The monoisotopic (exact) mass is 444 g/mol. The zero-order valence-electron chi connectivity index (χ0n) is 18.6. The van der Waals surface area contributed by atoms with E-state index in [0.717, 1.165) is 17.3 Å². The van der Waals surface area contributed by atoms with Gasteiger partial charge < -0.3 is 14.8 Å². The number of nitro groups is 1. The normalized spacial score (nSPS) is 11.0. The Morgan fingerprint density at radius 2 is 1.64 bits per heavy atom. The molecule has 0 saturated carbocycles. The molecule has 0 fully saturated rings. The first-order chi connectivity index (χ1) is 15.9. The molecule has 1 amide bonds. The average Bonchev–Trinajstić information content (AvgIpc) is 2.82. The first-order valence-corrected chi connectivity index (χ1v) is 10.1. The lowest BCUT2D eigenvalue weighted by Gasteiger charge is -2.11. The predicted molar refractivity (Wildman–Crippen MR) is 130 cm³/mol. The highest BCUT2D eigenvalue weighted by Gasteiger charge is 2.10. The molecule has 168 valence electrons. The standard InChI is InChI=1S/C26H24N2O5/c1-18-4-9-20(10-5-18)26(29)27-22-12-7-19(8-13-22)6-11-21-16-23(32-2)17-25(33-3)24(21)14-15-28(30)31/h4-17H,1-3H3,(H,27,29)/b11-6+,15-14+. The Morgan fingerprint density at radius 1 is 0.939 bits per heavy atom. The highest BCUT2D eigenvalue weighted by atomic mass is 16.6. The fourth-order valence-electron chi connectivity index (χ4n) is 3.13. The molecule has 0 spiro atoms. The van der Waals surface area contributed by atoms with E-state index in [1.165, 1.54) is 13.2 Å². The van der Waals surface area contributed by atoms with E-state index in [9.17, 15) is 14.9 Å². The van der Waals surface area contributed by atoms with Gasteiger partial charge in [0.15, 0.2) is 0 Å². The van der Waals surface area contributed by atoms with Crippen molar-refractivity contribution >= 4 is 29.8 Å². The predicted octanol–water partition coefficient (Wildman–Crippen LogP) is 5.68. The first kappa shape index (κ1) is 23.3. The van der Waals surface area contributed by atoms with E-state index in [0.29, 0.717) is 33.9 Å². The SMILES string of the molecule is COc1cc(/C=C/c2ccc(NC(=O)c3ccc(C)cc3)cc2)c(/C=C/[N+](=O)[O-])c(OC)c1. The Bertz CT molecular complexity index is 1200. The second-order valence-electron chi connectivity index (χ2n) is 7.21. The number of anilines is 1. The summed E-state index contributed by atoms with van der Waals surface area (Å²) in [6.07, 6.45) is 5.95. The minimum atomic E-state index is -0.527. The van der Waals surface area contributed by atoms with E-state index in [1.807, 2.05) is 55.5 Å². The smallest absolute Gasteiger partial charge is 0.255 e. The summed E-state index contributed by atoms with van der Waals surface area (Å²) >= 11 is 0. The van der Waals surface area contributed by atoms with Gasteiger partial charge in [0.25, 0.3) is 5.91 Å². The maximum absolute atomic E-state index is 12.4. The highest BCUT2D eigenvalue weighted by molar-refractivity contribution is 6.04. The molecule has 0 aromatic heterocycles. The lowest BCUT2D eigenvalue weighted by molar-refractivity contribution is -0.400. The van der Waals surface area contributed by atoms with Crippen molar-refractivity contribution in [2.75, 3.05) is 19.5 Å². The topological polar surface area (TPSA) is 90.7 Å². The Labute approximate surface area is 192 Å². The molecule has 0 aliphatic heterocycles. The molecule has 7 heteroatoms. The van der Waals surface area contributed by atoms with Crippen LogP contribution in [0.4, 0.5) is 5.69 Å². The first-order valence-electron chi connectivity index (χ1n) is 10.1. The molecule has 0 aliphatic rings. The van der Waals surface area contributed by atoms with E-state index >= 15 is 0 Å². The van der Waals surface area contributed by atoms with Crippen molar-refractivity contribution in [3.05, 3.63) is 105 Å². The molecule has 33 heavy (non-hydrogen) atoms. The van der Waals surface area contributed by atoms with E-state index in [4.69, 9.17) is 9.47 Å². The summed E-state index contributed by atoms with van der Waals surface area (Å²) < 4.78 is 10.7. The number of carbonyl (C=O) groups is 1. The fourth-order valence-corrected chi connectivity index (χ4v) is 3.13. The number of benzene rings is 3. The highest BCUT2D eigenvalue weighted by Crippen LogP contribution is 2.31. The lowest BCUT2D eigenvalue weighted by atomic mass is 10.0. The maximum atomic E-state index is 12.4. The van der Waals surface area contributed by atoms with Crippen LogP contribution >= 0.6 is 0 Å². The number of aryl methyl sites for hydroxylation is 1. The minimum Gasteiger partial charge on any atom is -0.497 e. The molecule has 0 aliphatic carbocycles. The molecule has 7 nitrogen and oxygen atoms in total. The number of amides is 1. The molecule has 3 rings (SSSR count). The van der Waals surface area contributed by atoms with Crippen LogP contribution in [-0.4, -0.2) is 25.1 Å². The van der Waals surface area contributed by atoms with Crippen LogP contribution in [0.25, 0.3) is 18.2 Å². The van der Waals surface area contributed by atoms with Crippen molar-refractivity contribution in [3.8, 4) is 11.5 Å². The molecule has 3 aromatic carbocycles. The number of carbonyl (C=O) groups excluding carboxylic acids is 1. The molecule has 0 atom stereocenters. The number of rotatable bonds is 8. The fraction of sp³-hybridized carbons (Fsp3) is 0.115. The maximum Gasteiger partial charge on any atom is 0.255 e. The van der Waals surface area contributed by atoms with Gasteiger partial charge >= 0.3 is 0 Å². The number of hydrogen-bond donors (Lipinski definition) is 1. The molecule has 0 unspecified atom stereocenters. The number of methoxy groups -OCH3 is 2. The molecular weight excluding hydrogens is 420 g/mol. The van der Waals surface area contributed by atoms with Crippen LogP contribution in [0.1, 0.15) is 32.6 Å². The summed E-state index contributed by atoms with van der Waals surface area (Å²) in [7, 11) is 3.04. The van der Waals surface area contributed by atoms with E-state index in [-0.39, 0.29) is 5.91 Å². The largest absolute Gasteiger partial charge is 0.497 e. The van der Waals surface area contributed by atoms with Crippen molar-refractivity contribution in [1.82, 2.24) is 0 Å². The molecule has 0 bridgehead atoms. The van der Waals surface area contributed by atoms with Gasteiger partial charge in [0.1, 0.15) is 11.5 Å². The van der Waals surface area contributed by atoms with Crippen LogP contribution < -0.4 is 14.8 Å². The van der Waals surface area contributed by atoms with Crippen LogP contribution in [-0.2, 0) is 0 Å². The van der Waals surface area contributed by atoms with Gasteiger partial charge in [-0.1, -0.05) is 42.0 Å². The molecule has 1 N–H and O–H groups in total. The van der Waals surface area contributed by atoms with Crippen LogP contribution in [0.15, 0.2) is 66.9 Å². The Balaban J connectivity index is 1.81. The van der Waals surface area contributed by atoms with Crippen LogP contribution in [0.5, 0.6) is 11.5 Å². The molecule has 0 saturated heterocycles. The summed E-state index contributed by atoms with van der Waals surface area (Å²) in [6, 6.07) is 18.2. The van der Waals surface area contributed by atoms with Crippen LogP contribution in [0.2, 0.25) is 0 Å². The lowest BCUT2D eigenvalue weighted by Crippen LogP contribution is -2.11. The quantitative estimate of drug-likeness (QED) is 0.274. The van der Waals surface area contributed by atoms with Crippen LogP contribution in [0.3, 0.4) is 0 Å². The molecule has 0 heterocycles. The Hall–Kier alpha value is -4.39. The second-order valence-corrected chi connectivity index (χ2v) is 7.21. The van der Waals surface area contributed by atoms with Gasteiger partial charge in [0.2, 0.25) is 6.20 Å². The van der Waals surface area contributed by atoms with Gasteiger partial charge in [-0.05, 0) is 48.4 Å². The van der Waals surface area contributed by atoms with Crippen molar-refractivity contribution < 1.29 is 19.2 Å². The van der Waals surface area contributed by atoms with Gasteiger partial charge in [-0.25, -0.2) is 0 Å². The summed E-state index contributed by atoms with van der Waals surface area (Å²) in [5, 5.41) is 13.7. The van der Waals surface area contributed by atoms with Crippen LogP contribution in [0, 0.1) is 17.0 Å². The van der Waals surface area contributed by atoms with Crippen molar-refractivity contribution in [2.45, 2.75) is 6.92 Å². The third kappa shape index (κ3) is 6.30. The number of hydrogen-bond acceptors (Lipinski definition) is 5. The zero-order valence-corrected chi connectivity index (χ0v) is 18.6. The number of nitrogens with one attached hydrogen (secondary N) is 1. The minimum absolute atomic E-state index is 0.177. The number of nitrogens with zero attached hydrogens (tertiary/aromatic N) is 1. The van der Waals surface area contributed by atoms with Gasteiger partial charge in [-0.3, -0.25) is 14.9 Å².